The van der Waals surface area contributed by atoms with Crippen molar-refractivity contribution in [3.63, 3.8) is 0 Å². The molecular weight excluding hydrogens is 531 g/mol. The van der Waals surface area contributed by atoms with Crippen LogP contribution in [0.15, 0.2) is 36.4 Å². The summed E-state index contributed by atoms with van der Waals surface area (Å²) < 4.78 is 104. The number of carbonyl (C=O) groups excluding carboxylic acids is 3. The van der Waals surface area contributed by atoms with Gasteiger partial charge < -0.3 is 14.4 Å². The number of amides is 3. The molecule has 0 spiro atoms. The quantitative estimate of drug-likeness (QED) is 0.359. The lowest BCUT2D eigenvalue weighted by atomic mass is 10.1. The Kier molecular flexibility index (Phi) is 9.53. The number of carbonyl (C=O) groups is 3. The zero-order chi connectivity index (χ0) is 28.8. The number of hydrogen-bond donors (Lipinski definition) is 0. The van der Waals surface area contributed by atoms with Gasteiger partial charge in [-0.1, -0.05) is 0 Å². The molecule has 1 heterocycles. The van der Waals surface area contributed by atoms with Crippen LogP contribution < -0.4 is 14.5 Å². The van der Waals surface area contributed by atoms with Gasteiger partial charge >= 0.3 is 24.5 Å². The van der Waals surface area contributed by atoms with Gasteiger partial charge in [0.2, 0.25) is 0 Å². The monoisotopic (exact) mass is 553 g/mol. The van der Waals surface area contributed by atoms with Crippen molar-refractivity contribution in [3.8, 4) is 5.75 Å². The SMILES string of the molecule is CCN1CCN(c2cc(C(F)(F)F)cc(C(F)(F)F)c2OC(=O)N(C)c2ccc(F)cc2)C1=O.COC=O. The van der Waals surface area contributed by atoms with Gasteiger partial charge in [-0.15, -0.1) is 0 Å². The Morgan fingerprint density at radius 1 is 1.05 bits per heavy atom. The fourth-order valence-corrected chi connectivity index (χ4v) is 3.32. The summed E-state index contributed by atoms with van der Waals surface area (Å²) in [5, 5.41) is 0. The Morgan fingerprint density at radius 3 is 2.08 bits per heavy atom. The van der Waals surface area contributed by atoms with Crippen molar-refractivity contribution in [1.82, 2.24) is 4.90 Å². The zero-order valence-corrected chi connectivity index (χ0v) is 20.2. The number of rotatable bonds is 5. The predicted molar refractivity (Wildman–Crippen MR) is 120 cm³/mol. The summed E-state index contributed by atoms with van der Waals surface area (Å²) in [5.74, 6) is -1.88. The summed E-state index contributed by atoms with van der Waals surface area (Å²) in [7, 11) is 2.43. The topological polar surface area (TPSA) is 79.4 Å². The van der Waals surface area contributed by atoms with Crippen molar-refractivity contribution in [2.75, 3.05) is 43.6 Å². The number of ether oxygens (including phenoxy) is 2. The molecule has 0 unspecified atom stereocenters. The van der Waals surface area contributed by atoms with Crippen LogP contribution in [0.1, 0.15) is 18.1 Å². The van der Waals surface area contributed by atoms with Gasteiger partial charge in [-0.2, -0.15) is 26.3 Å². The van der Waals surface area contributed by atoms with Gasteiger partial charge in [0, 0.05) is 32.4 Å². The van der Waals surface area contributed by atoms with Crippen LogP contribution in [0.2, 0.25) is 0 Å². The van der Waals surface area contributed by atoms with Crippen LogP contribution in [-0.4, -0.2) is 57.3 Å². The van der Waals surface area contributed by atoms with Gasteiger partial charge in [-0.3, -0.25) is 14.6 Å². The minimum atomic E-state index is -5.35. The molecule has 2 aromatic carbocycles. The van der Waals surface area contributed by atoms with Crippen LogP contribution in [0.25, 0.3) is 0 Å². The fraction of sp³-hybridized carbons (Fsp3) is 0.348. The molecule has 0 aliphatic carbocycles. The molecule has 2 aromatic rings. The van der Waals surface area contributed by atoms with Gasteiger partial charge in [0.05, 0.1) is 18.4 Å². The number of anilines is 2. The van der Waals surface area contributed by atoms with E-state index in [0.717, 1.165) is 36.2 Å². The van der Waals surface area contributed by atoms with Gasteiger partial charge in [0.1, 0.15) is 11.4 Å². The molecular formula is C23H22F7N3O5. The molecule has 1 aliphatic heterocycles. The number of urea groups is 1. The molecule has 38 heavy (non-hydrogen) atoms. The van der Waals surface area contributed by atoms with Crippen LogP contribution in [-0.2, 0) is 21.9 Å². The smallest absolute Gasteiger partial charge is 0.420 e. The average molecular weight is 553 g/mol. The predicted octanol–water partition coefficient (Wildman–Crippen LogP) is 5.55. The van der Waals surface area contributed by atoms with Crippen molar-refractivity contribution in [2.24, 2.45) is 0 Å². The summed E-state index contributed by atoms with van der Waals surface area (Å²) >= 11 is 0. The normalized spacial score (nSPS) is 13.6. The molecule has 8 nitrogen and oxygen atoms in total. The van der Waals surface area contributed by atoms with Crippen molar-refractivity contribution >= 4 is 30.0 Å². The van der Waals surface area contributed by atoms with E-state index in [1.807, 2.05) is 0 Å². The van der Waals surface area contributed by atoms with Gasteiger partial charge in [0.25, 0.3) is 6.47 Å². The molecule has 0 N–H and O–H groups in total. The van der Waals surface area contributed by atoms with E-state index in [2.05, 4.69) is 4.74 Å². The Morgan fingerprint density at radius 2 is 1.63 bits per heavy atom. The van der Waals surface area contributed by atoms with E-state index in [9.17, 15) is 40.3 Å². The average Bonchev–Trinajstić information content (AvgIpc) is 3.22. The molecule has 15 heteroatoms. The molecule has 0 aromatic heterocycles. The molecule has 1 fully saturated rings. The number of hydrogen-bond acceptors (Lipinski definition) is 5. The maximum atomic E-state index is 13.8. The Balaban J connectivity index is 0.00000118. The second kappa shape index (κ2) is 12.0. The number of halogens is 7. The highest BCUT2D eigenvalue weighted by atomic mass is 19.4. The minimum absolute atomic E-state index is 0.0443. The van der Waals surface area contributed by atoms with Crippen LogP contribution in [0.4, 0.5) is 51.7 Å². The number of alkyl halides is 6. The van der Waals surface area contributed by atoms with E-state index < -0.39 is 52.9 Å². The summed E-state index contributed by atoms with van der Waals surface area (Å²) in [5.41, 5.74) is -4.34. The van der Waals surface area contributed by atoms with E-state index in [1.165, 1.54) is 12.0 Å². The molecule has 208 valence electrons. The van der Waals surface area contributed by atoms with Crippen LogP contribution in [0.5, 0.6) is 5.75 Å². The van der Waals surface area contributed by atoms with Crippen molar-refractivity contribution in [1.29, 1.82) is 0 Å². The van der Waals surface area contributed by atoms with Gasteiger partial charge in [-0.25, -0.2) is 14.0 Å². The summed E-state index contributed by atoms with van der Waals surface area (Å²) in [6.07, 6.45) is -11.9. The van der Waals surface area contributed by atoms with Gasteiger partial charge in [0.15, 0.2) is 5.75 Å². The molecule has 0 radical (unpaired) electrons. The summed E-state index contributed by atoms with van der Waals surface area (Å²) in [4.78, 5) is 36.8. The maximum absolute atomic E-state index is 13.8. The molecule has 3 amide bonds. The lowest BCUT2D eigenvalue weighted by Crippen LogP contribution is -2.34. The molecule has 3 rings (SSSR count). The van der Waals surface area contributed by atoms with Crippen molar-refractivity contribution in [3.05, 3.63) is 53.3 Å². The summed E-state index contributed by atoms with van der Waals surface area (Å²) in [6.45, 7) is 1.97. The first-order chi connectivity index (χ1) is 17.6. The lowest BCUT2D eigenvalue weighted by Gasteiger charge is -2.26. The minimum Gasteiger partial charge on any atom is -0.471 e. The first-order valence-corrected chi connectivity index (χ1v) is 10.7. The first kappa shape index (κ1) is 30.2. The maximum Gasteiger partial charge on any atom is 0.420 e. The molecule has 0 atom stereocenters. The first-order valence-electron chi connectivity index (χ1n) is 10.7. The van der Waals surface area contributed by atoms with Crippen molar-refractivity contribution in [2.45, 2.75) is 19.3 Å². The lowest BCUT2D eigenvalue weighted by molar-refractivity contribution is -0.143. The molecule has 0 saturated carbocycles. The van der Waals surface area contributed by atoms with E-state index in [-0.39, 0.29) is 31.4 Å². The Bertz CT molecular complexity index is 1150. The highest BCUT2D eigenvalue weighted by Gasteiger charge is 2.43. The number of benzene rings is 2. The third kappa shape index (κ3) is 7.04. The number of methoxy groups -OCH3 is 1. The van der Waals surface area contributed by atoms with Crippen molar-refractivity contribution < 1.29 is 54.6 Å². The second-order valence-electron chi connectivity index (χ2n) is 7.62. The third-order valence-electron chi connectivity index (χ3n) is 5.24. The van der Waals surface area contributed by atoms with Crippen LogP contribution in [0, 0.1) is 5.82 Å². The Labute approximate surface area is 212 Å². The Hall–Kier alpha value is -4.04. The molecule has 1 aliphatic rings. The number of nitrogens with zero attached hydrogens (tertiary/aromatic N) is 3. The largest absolute Gasteiger partial charge is 0.471 e. The highest BCUT2D eigenvalue weighted by Crippen LogP contribution is 2.46. The molecule has 1 saturated heterocycles. The van der Waals surface area contributed by atoms with Crippen LogP contribution >= 0.6 is 0 Å². The highest BCUT2D eigenvalue weighted by molar-refractivity contribution is 5.97. The standard InChI is InChI=1S/C21H18F7N3O3.C2H4O2/c1-3-30-8-9-31(18(30)32)16-11-12(20(23,24)25)10-15(21(26,27)28)17(16)34-19(33)29(2)14-6-4-13(22)5-7-14;1-4-2-3/h4-7,10-11H,3,8-9H2,1-2H3;2H,1H3. The van der Waals surface area contributed by atoms with Crippen LogP contribution in [0.3, 0.4) is 0 Å². The van der Waals surface area contributed by atoms with E-state index in [1.54, 1.807) is 6.92 Å². The van der Waals surface area contributed by atoms with E-state index in [4.69, 9.17) is 9.53 Å². The van der Waals surface area contributed by atoms with E-state index >= 15 is 0 Å². The zero-order valence-electron chi connectivity index (χ0n) is 20.2. The number of likely N-dealkylation sites (N-methyl/N-ethyl adjacent to an activating group) is 1. The third-order valence-corrected chi connectivity index (χ3v) is 5.24. The second-order valence-corrected chi connectivity index (χ2v) is 7.62. The molecule has 0 bridgehead atoms. The fourth-order valence-electron chi connectivity index (χ4n) is 3.32. The van der Waals surface area contributed by atoms with E-state index in [0.29, 0.717) is 17.4 Å². The van der Waals surface area contributed by atoms with Gasteiger partial charge in [-0.05, 0) is 43.3 Å². The summed E-state index contributed by atoms with van der Waals surface area (Å²) in [6, 6.07) is 3.61.